The Bertz CT molecular complexity index is 361. The molecule has 0 unspecified atom stereocenters. The van der Waals surface area contributed by atoms with E-state index in [0.717, 1.165) is 11.6 Å². The molecule has 0 aromatic carbocycles. The Morgan fingerprint density at radius 2 is 2.08 bits per heavy atom. The van der Waals surface area contributed by atoms with E-state index < -0.39 is 0 Å². The van der Waals surface area contributed by atoms with Crippen LogP contribution in [0.25, 0.3) is 0 Å². The lowest BCUT2D eigenvalue weighted by Gasteiger charge is -2.07. The van der Waals surface area contributed by atoms with Gasteiger partial charge in [-0.2, -0.15) is 0 Å². The van der Waals surface area contributed by atoms with Gasteiger partial charge in [0.1, 0.15) is 0 Å². The molecule has 0 atom stereocenters. The van der Waals surface area contributed by atoms with E-state index in [4.69, 9.17) is 0 Å². The van der Waals surface area contributed by atoms with Gasteiger partial charge in [-0.05, 0) is 31.2 Å². The van der Waals surface area contributed by atoms with Gasteiger partial charge in [0.05, 0.1) is 0 Å². The number of rotatable bonds is 1. The van der Waals surface area contributed by atoms with Crippen LogP contribution in [0.15, 0.2) is 16.9 Å². The second kappa shape index (κ2) is 2.47. The van der Waals surface area contributed by atoms with E-state index in [2.05, 4.69) is 0 Å². The average molecular weight is 163 g/mol. The fourth-order valence-electron chi connectivity index (χ4n) is 1.58. The van der Waals surface area contributed by atoms with Crippen molar-refractivity contribution in [1.29, 1.82) is 0 Å². The van der Waals surface area contributed by atoms with Crippen molar-refractivity contribution in [1.82, 2.24) is 4.57 Å². The van der Waals surface area contributed by atoms with E-state index in [1.54, 1.807) is 10.6 Å². The van der Waals surface area contributed by atoms with Crippen molar-refractivity contribution in [2.45, 2.75) is 25.7 Å². The molecule has 12 heavy (non-hydrogen) atoms. The summed E-state index contributed by atoms with van der Waals surface area (Å²) in [5, 5.41) is 0. The van der Waals surface area contributed by atoms with E-state index >= 15 is 0 Å². The molecule has 1 aromatic heterocycles. The maximum absolute atomic E-state index is 11.2. The van der Waals surface area contributed by atoms with Gasteiger partial charge in [-0.25, -0.2) is 0 Å². The molecular weight excluding hydrogens is 150 g/mol. The molecule has 1 aliphatic carbocycles. The number of pyridine rings is 1. The first kappa shape index (κ1) is 7.59. The van der Waals surface area contributed by atoms with Crippen molar-refractivity contribution < 1.29 is 0 Å². The van der Waals surface area contributed by atoms with E-state index in [1.807, 2.05) is 20.0 Å². The summed E-state index contributed by atoms with van der Waals surface area (Å²) in [6, 6.07) is 3.65. The largest absolute Gasteiger partial charge is 0.316 e. The van der Waals surface area contributed by atoms with Crippen LogP contribution in [0.5, 0.6) is 0 Å². The van der Waals surface area contributed by atoms with Crippen LogP contribution in [0, 0.1) is 6.92 Å². The van der Waals surface area contributed by atoms with Gasteiger partial charge in [0.15, 0.2) is 0 Å². The predicted octanol–water partition coefficient (Wildman–Crippen LogP) is 1.57. The molecule has 64 valence electrons. The van der Waals surface area contributed by atoms with E-state index in [1.165, 1.54) is 18.4 Å². The molecule has 0 saturated heterocycles. The molecule has 0 aliphatic heterocycles. The van der Waals surface area contributed by atoms with Crippen molar-refractivity contribution >= 4 is 0 Å². The summed E-state index contributed by atoms with van der Waals surface area (Å²) in [6.07, 6.45) is 2.58. The van der Waals surface area contributed by atoms with E-state index in [0.29, 0.717) is 0 Å². The van der Waals surface area contributed by atoms with Crippen molar-refractivity contribution in [3.63, 3.8) is 0 Å². The molecule has 1 aliphatic rings. The van der Waals surface area contributed by atoms with Crippen molar-refractivity contribution in [2.75, 3.05) is 0 Å². The summed E-state index contributed by atoms with van der Waals surface area (Å²) >= 11 is 0. The van der Waals surface area contributed by atoms with Crippen LogP contribution in [0.4, 0.5) is 0 Å². The van der Waals surface area contributed by atoms with Gasteiger partial charge in [0.25, 0.3) is 0 Å². The van der Waals surface area contributed by atoms with E-state index in [9.17, 15) is 4.79 Å². The molecular formula is C10H13NO. The van der Waals surface area contributed by atoms with Gasteiger partial charge in [-0.3, -0.25) is 4.79 Å². The number of hydrogen-bond donors (Lipinski definition) is 0. The van der Waals surface area contributed by atoms with Gasteiger partial charge in [-0.15, -0.1) is 0 Å². The monoisotopic (exact) mass is 163 g/mol. The topological polar surface area (TPSA) is 22.0 Å². The summed E-state index contributed by atoms with van der Waals surface area (Å²) in [6.45, 7) is 2.02. The first-order chi connectivity index (χ1) is 5.70. The zero-order valence-corrected chi connectivity index (χ0v) is 7.50. The lowest BCUT2D eigenvalue weighted by atomic mass is 10.1. The molecule has 1 heterocycles. The van der Waals surface area contributed by atoms with Crippen molar-refractivity contribution in [3.05, 3.63) is 33.7 Å². The maximum Gasteiger partial charge on any atom is 0.250 e. The second-order valence-corrected chi connectivity index (χ2v) is 3.55. The van der Waals surface area contributed by atoms with Gasteiger partial charge in [-0.1, -0.05) is 6.07 Å². The van der Waals surface area contributed by atoms with Crippen molar-refractivity contribution in [2.24, 2.45) is 7.05 Å². The Kier molecular flexibility index (Phi) is 1.56. The summed E-state index contributed by atoms with van der Waals surface area (Å²) in [5.41, 5.74) is 2.58. The van der Waals surface area contributed by atoms with Crippen LogP contribution in [-0.4, -0.2) is 4.57 Å². The summed E-state index contributed by atoms with van der Waals surface area (Å²) in [5.74, 6) is 0.733. The summed E-state index contributed by atoms with van der Waals surface area (Å²) in [7, 11) is 1.84. The Morgan fingerprint density at radius 1 is 1.42 bits per heavy atom. The first-order valence-corrected chi connectivity index (χ1v) is 4.36. The molecule has 0 amide bonds. The SMILES string of the molecule is Cc1c(C2CC2)ccc(=O)n1C. The minimum atomic E-state index is 0.0944. The lowest BCUT2D eigenvalue weighted by molar-refractivity contribution is 0.796. The Balaban J connectivity index is 2.57. The van der Waals surface area contributed by atoms with Gasteiger partial charge in [0, 0.05) is 18.8 Å². The molecule has 2 heteroatoms. The van der Waals surface area contributed by atoms with Crippen LogP contribution in [-0.2, 0) is 7.05 Å². The number of hydrogen-bond acceptors (Lipinski definition) is 1. The first-order valence-electron chi connectivity index (χ1n) is 4.36. The quantitative estimate of drug-likeness (QED) is 0.616. The molecule has 0 radical (unpaired) electrons. The molecule has 1 fully saturated rings. The highest BCUT2D eigenvalue weighted by molar-refractivity contribution is 5.27. The molecule has 1 aromatic rings. The minimum absolute atomic E-state index is 0.0944. The van der Waals surface area contributed by atoms with E-state index in [-0.39, 0.29) is 5.56 Å². The number of aromatic nitrogens is 1. The predicted molar refractivity (Wildman–Crippen MR) is 48.4 cm³/mol. The highest BCUT2D eigenvalue weighted by atomic mass is 16.1. The minimum Gasteiger partial charge on any atom is -0.316 e. The average Bonchev–Trinajstić information content (AvgIpc) is 2.84. The smallest absolute Gasteiger partial charge is 0.250 e. The fourth-order valence-corrected chi connectivity index (χ4v) is 1.58. The second-order valence-electron chi connectivity index (χ2n) is 3.55. The van der Waals surface area contributed by atoms with Gasteiger partial charge >= 0.3 is 0 Å². The third-order valence-electron chi connectivity index (χ3n) is 2.67. The fraction of sp³-hybridized carbons (Fsp3) is 0.500. The summed E-state index contributed by atoms with van der Waals surface area (Å²) in [4.78, 5) is 11.2. The van der Waals surface area contributed by atoms with Crippen LogP contribution >= 0.6 is 0 Å². The third-order valence-corrected chi connectivity index (χ3v) is 2.67. The molecule has 0 bridgehead atoms. The van der Waals surface area contributed by atoms with Gasteiger partial charge < -0.3 is 4.57 Å². The Labute approximate surface area is 71.8 Å². The maximum atomic E-state index is 11.2. The molecule has 0 N–H and O–H groups in total. The Hall–Kier alpha value is -1.05. The van der Waals surface area contributed by atoms with Crippen LogP contribution < -0.4 is 5.56 Å². The highest BCUT2D eigenvalue weighted by Gasteiger charge is 2.25. The lowest BCUT2D eigenvalue weighted by Crippen LogP contribution is -2.18. The van der Waals surface area contributed by atoms with Crippen LogP contribution in [0.3, 0.4) is 0 Å². The molecule has 2 rings (SSSR count). The number of nitrogens with zero attached hydrogens (tertiary/aromatic N) is 1. The molecule has 0 spiro atoms. The zero-order chi connectivity index (χ0) is 8.72. The zero-order valence-electron chi connectivity index (χ0n) is 7.50. The normalized spacial score (nSPS) is 16.5. The third kappa shape index (κ3) is 1.07. The standard InChI is InChI=1S/C10H13NO/c1-7-9(8-3-4-8)5-6-10(12)11(7)2/h5-6,8H,3-4H2,1-2H3. The van der Waals surface area contributed by atoms with Crippen LogP contribution in [0.2, 0.25) is 0 Å². The van der Waals surface area contributed by atoms with Gasteiger partial charge in [0.2, 0.25) is 5.56 Å². The van der Waals surface area contributed by atoms with Crippen molar-refractivity contribution in [3.8, 4) is 0 Å². The van der Waals surface area contributed by atoms with Crippen LogP contribution in [0.1, 0.15) is 30.0 Å². The molecule has 2 nitrogen and oxygen atoms in total. The Morgan fingerprint density at radius 3 is 2.67 bits per heavy atom. The summed E-state index contributed by atoms with van der Waals surface area (Å²) < 4.78 is 1.73. The highest BCUT2D eigenvalue weighted by Crippen LogP contribution is 2.40. The molecule has 1 saturated carbocycles.